The molecule has 2 rings (SSSR count). The molecular formula is C14H11BrClO. The highest BCUT2D eigenvalue weighted by Gasteiger charge is 2.09. The quantitative estimate of drug-likeness (QED) is 0.778. The number of ether oxygens (including phenoxy) is 1. The number of rotatable bonds is 3. The maximum Gasteiger partial charge on any atom is 0.127 e. The predicted octanol–water partition coefficient (Wildman–Crippen LogP) is 4.97. The Morgan fingerprint density at radius 1 is 1.29 bits per heavy atom. The minimum atomic E-state index is 0.592. The van der Waals surface area contributed by atoms with Crippen molar-refractivity contribution in [2.24, 2.45) is 0 Å². The van der Waals surface area contributed by atoms with Crippen molar-refractivity contribution < 1.29 is 4.74 Å². The molecule has 0 bridgehead atoms. The van der Waals surface area contributed by atoms with Gasteiger partial charge in [-0.15, -0.1) is 0 Å². The van der Waals surface area contributed by atoms with Gasteiger partial charge in [-0.1, -0.05) is 45.7 Å². The van der Waals surface area contributed by atoms with Crippen molar-refractivity contribution in [3.8, 4) is 16.9 Å². The molecule has 0 aliphatic heterocycles. The molecule has 2 aromatic rings. The van der Waals surface area contributed by atoms with Crippen LogP contribution < -0.4 is 4.74 Å². The molecule has 0 saturated heterocycles. The average Bonchev–Trinajstić information content (AvgIpc) is 2.34. The molecule has 87 valence electrons. The zero-order valence-corrected chi connectivity index (χ0v) is 11.7. The van der Waals surface area contributed by atoms with Gasteiger partial charge in [-0.2, -0.15) is 0 Å². The van der Waals surface area contributed by atoms with E-state index in [-0.39, 0.29) is 0 Å². The molecule has 0 aliphatic rings. The second-order valence-electron chi connectivity index (χ2n) is 3.47. The van der Waals surface area contributed by atoms with Crippen LogP contribution in [-0.4, -0.2) is 6.61 Å². The first-order chi connectivity index (χ1) is 8.22. The minimum Gasteiger partial charge on any atom is -0.493 e. The molecular weight excluding hydrogens is 300 g/mol. The second-order valence-corrected chi connectivity index (χ2v) is 4.73. The summed E-state index contributed by atoms with van der Waals surface area (Å²) in [6.45, 7) is 2.61. The van der Waals surface area contributed by atoms with Crippen LogP contribution in [0.5, 0.6) is 5.75 Å². The monoisotopic (exact) mass is 309 g/mol. The number of hydrogen-bond acceptors (Lipinski definition) is 1. The van der Waals surface area contributed by atoms with E-state index >= 15 is 0 Å². The Bertz CT molecular complexity index is 525. The lowest BCUT2D eigenvalue weighted by molar-refractivity contribution is 0.341. The van der Waals surface area contributed by atoms with Crippen molar-refractivity contribution in [3.05, 3.63) is 52.0 Å². The van der Waals surface area contributed by atoms with Crippen molar-refractivity contribution in [2.75, 3.05) is 6.61 Å². The molecule has 0 heterocycles. The van der Waals surface area contributed by atoms with E-state index in [4.69, 9.17) is 16.3 Å². The number of benzene rings is 2. The van der Waals surface area contributed by atoms with E-state index in [1.54, 1.807) is 0 Å². The SMILES string of the molecule is CCOc1ccccc1-c1cc(Cl)[c]cc1Br. The summed E-state index contributed by atoms with van der Waals surface area (Å²) in [4.78, 5) is 0. The summed E-state index contributed by atoms with van der Waals surface area (Å²) in [5.41, 5.74) is 2.04. The maximum atomic E-state index is 5.98. The summed E-state index contributed by atoms with van der Waals surface area (Å²) in [6.07, 6.45) is 0. The van der Waals surface area contributed by atoms with Gasteiger partial charge in [0, 0.05) is 26.7 Å². The van der Waals surface area contributed by atoms with Crippen LogP contribution in [0, 0.1) is 6.07 Å². The molecule has 0 unspecified atom stereocenters. The van der Waals surface area contributed by atoms with Crippen LogP contribution in [0.3, 0.4) is 0 Å². The van der Waals surface area contributed by atoms with E-state index in [0.29, 0.717) is 11.6 Å². The molecule has 2 aromatic carbocycles. The fourth-order valence-corrected chi connectivity index (χ4v) is 2.23. The van der Waals surface area contributed by atoms with Gasteiger partial charge in [0.1, 0.15) is 5.75 Å². The lowest BCUT2D eigenvalue weighted by Crippen LogP contribution is -1.94. The smallest absolute Gasteiger partial charge is 0.127 e. The standard InChI is InChI=1S/C14H11BrClO/c1-2-17-14-6-4-3-5-11(14)12-9-10(16)7-8-13(12)15/h3-6,8-9H,2H2,1H3. The first-order valence-electron chi connectivity index (χ1n) is 5.31. The summed E-state index contributed by atoms with van der Waals surface area (Å²) in [6, 6.07) is 14.5. The minimum absolute atomic E-state index is 0.592. The van der Waals surface area contributed by atoms with E-state index in [1.165, 1.54) is 0 Å². The summed E-state index contributed by atoms with van der Waals surface area (Å²) in [7, 11) is 0. The zero-order chi connectivity index (χ0) is 12.3. The van der Waals surface area contributed by atoms with Crippen molar-refractivity contribution >= 4 is 27.5 Å². The number of hydrogen-bond donors (Lipinski definition) is 0. The lowest BCUT2D eigenvalue weighted by Gasteiger charge is -2.11. The van der Waals surface area contributed by atoms with Gasteiger partial charge >= 0.3 is 0 Å². The van der Waals surface area contributed by atoms with Crippen LogP contribution in [0.2, 0.25) is 5.02 Å². The van der Waals surface area contributed by atoms with Gasteiger partial charge in [0.15, 0.2) is 0 Å². The number of para-hydroxylation sites is 1. The summed E-state index contributed by atoms with van der Waals surface area (Å²) in [5, 5.41) is 0.592. The molecule has 0 saturated carbocycles. The summed E-state index contributed by atoms with van der Waals surface area (Å²) < 4.78 is 6.56. The van der Waals surface area contributed by atoms with Gasteiger partial charge in [-0.3, -0.25) is 0 Å². The van der Waals surface area contributed by atoms with Crippen molar-refractivity contribution in [1.82, 2.24) is 0 Å². The Kier molecular flexibility index (Phi) is 4.08. The Morgan fingerprint density at radius 3 is 2.82 bits per heavy atom. The van der Waals surface area contributed by atoms with Gasteiger partial charge in [0.25, 0.3) is 0 Å². The second kappa shape index (κ2) is 5.56. The van der Waals surface area contributed by atoms with Crippen LogP contribution in [0.4, 0.5) is 0 Å². The molecule has 17 heavy (non-hydrogen) atoms. The third-order valence-electron chi connectivity index (χ3n) is 2.34. The van der Waals surface area contributed by atoms with Crippen LogP contribution in [-0.2, 0) is 0 Å². The maximum absolute atomic E-state index is 5.98. The van der Waals surface area contributed by atoms with Crippen LogP contribution >= 0.6 is 27.5 Å². The first kappa shape index (κ1) is 12.5. The zero-order valence-electron chi connectivity index (χ0n) is 9.34. The van der Waals surface area contributed by atoms with E-state index < -0.39 is 0 Å². The van der Waals surface area contributed by atoms with E-state index in [1.807, 2.05) is 43.3 Å². The molecule has 0 aromatic heterocycles. The molecule has 3 heteroatoms. The number of halogens is 2. The third-order valence-corrected chi connectivity index (χ3v) is 3.22. The van der Waals surface area contributed by atoms with Crippen molar-refractivity contribution in [2.45, 2.75) is 6.92 Å². The van der Waals surface area contributed by atoms with Crippen LogP contribution in [0.1, 0.15) is 6.92 Å². The lowest BCUT2D eigenvalue weighted by atomic mass is 10.0. The van der Waals surface area contributed by atoms with Crippen molar-refractivity contribution in [3.63, 3.8) is 0 Å². The molecule has 0 fully saturated rings. The van der Waals surface area contributed by atoms with Crippen LogP contribution in [0.25, 0.3) is 11.1 Å². The molecule has 1 radical (unpaired) electrons. The fraction of sp³-hybridized carbons (Fsp3) is 0.143. The molecule has 0 N–H and O–H groups in total. The van der Waals surface area contributed by atoms with Gasteiger partial charge in [-0.25, -0.2) is 0 Å². The molecule has 0 amide bonds. The van der Waals surface area contributed by atoms with Gasteiger partial charge < -0.3 is 4.74 Å². The fourth-order valence-electron chi connectivity index (χ4n) is 1.62. The third kappa shape index (κ3) is 2.82. The Balaban J connectivity index is 2.55. The Morgan fingerprint density at radius 2 is 2.06 bits per heavy atom. The van der Waals surface area contributed by atoms with E-state index in [9.17, 15) is 0 Å². The molecule has 1 nitrogen and oxygen atoms in total. The Hall–Kier alpha value is -0.990. The van der Waals surface area contributed by atoms with E-state index in [0.717, 1.165) is 21.3 Å². The van der Waals surface area contributed by atoms with Crippen LogP contribution in [0.15, 0.2) is 40.9 Å². The molecule has 0 atom stereocenters. The van der Waals surface area contributed by atoms with Crippen molar-refractivity contribution in [1.29, 1.82) is 0 Å². The largest absolute Gasteiger partial charge is 0.493 e. The molecule has 0 spiro atoms. The normalized spacial score (nSPS) is 10.3. The average molecular weight is 311 g/mol. The summed E-state index contributed by atoms with van der Waals surface area (Å²) >= 11 is 9.49. The topological polar surface area (TPSA) is 9.23 Å². The highest BCUT2D eigenvalue weighted by Crippen LogP contribution is 2.36. The van der Waals surface area contributed by atoms with Gasteiger partial charge in [0.2, 0.25) is 0 Å². The van der Waals surface area contributed by atoms with Gasteiger partial charge in [0.05, 0.1) is 6.61 Å². The molecule has 0 aliphatic carbocycles. The summed E-state index contributed by atoms with van der Waals surface area (Å²) in [5.74, 6) is 0.859. The highest BCUT2D eigenvalue weighted by atomic mass is 79.9. The predicted molar refractivity (Wildman–Crippen MR) is 74.6 cm³/mol. The van der Waals surface area contributed by atoms with Gasteiger partial charge in [-0.05, 0) is 25.1 Å². The first-order valence-corrected chi connectivity index (χ1v) is 6.48. The Labute approximate surface area is 115 Å². The van der Waals surface area contributed by atoms with E-state index in [2.05, 4.69) is 22.0 Å². The highest BCUT2D eigenvalue weighted by molar-refractivity contribution is 9.10.